The van der Waals surface area contributed by atoms with Gasteiger partial charge in [-0.15, -0.1) is 0 Å². The van der Waals surface area contributed by atoms with Gasteiger partial charge < -0.3 is 10.1 Å². The van der Waals surface area contributed by atoms with Crippen molar-refractivity contribution in [2.45, 2.75) is 36.7 Å². The van der Waals surface area contributed by atoms with Gasteiger partial charge in [-0.1, -0.05) is 0 Å². The van der Waals surface area contributed by atoms with Crippen LogP contribution in [0.2, 0.25) is 0 Å². The predicted molar refractivity (Wildman–Crippen MR) is 93.5 cm³/mol. The van der Waals surface area contributed by atoms with E-state index in [-0.39, 0.29) is 24.5 Å². The summed E-state index contributed by atoms with van der Waals surface area (Å²) in [5.41, 5.74) is 0.442. The average molecular weight is 412 g/mol. The van der Waals surface area contributed by atoms with Crippen LogP contribution in [-0.2, 0) is 24.6 Å². The first kappa shape index (κ1) is 21.0. The maximum Gasteiger partial charge on any atom is 0.341 e. The first-order valence-electron chi connectivity index (χ1n) is 8.01. The van der Waals surface area contributed by atoms with E-state index in [2.05, 4.69) is 5.32 Å². The molecular formula is C15H22F2N2O5S2. The minimum atomic E-state index is -4.64. The second-order valence-corrected chi connectivity index (χ2v) is 10.2. The van der Waals surface area contributed by atoms with Crippen LogP contribution in [0.5, 0.6) is 0 Å². The fourth-order valence-electron chi connectivity index (χ4n) is 2.68. The lowest BCUT2D eigenvalue weighted by Gasteiger charge is -2.34. The Morgan fingerprint density at radius 3 is 2.15 bits per heavy atom. The Morgan fingerprint density at radius 2 is 1.65 bits per heavy atom. The molecule has 148 valence electrons. The van der Waals surface area contributed by atoms with Crippen molar-refractivity contribution in [2.75, 3.05) is 30.7 Å². The molecule has 1 aliphatic heterocycles. The minimum absolute atomic E-state index is 0.101. The van der Waals surface area contributed by atoms with Gasteiger partial charge in [0.15, 0.2) is 0 Å². The molecule has 2 rings (SSSR count). The topological polar surface area (TPSA) is 92.8 Å². The number of nitrogens with zero attached hydrogens (tertiary/aromatic N) is 1. The number of sulfonamides is 1. The van der Waals surface area contributed by atoms with Crippen molar-refractivity contribution < 1.29 is 30.4 Å². The fourth-order valence-corrected chi connectivity index (χ4v) is 4.89. The Morgan fingerprint density at radius 1 is 1.12 bits per heavy atom. The summed E-state index contributed by atoms with van der Waals surface area (Å²) in [6.45, 7) is 4.32. The van der Waals surface area contributed by atoms with E-state index in [0.29, 0.717) is 18.8 Å². The van der Waals surface area contributed by atoms with E-state index in [9.17, 15) is 25.6 Å². The highest BCUT2D eigenvalue weighted by atomic mass is 32.2. The summed E-state index contributed by atoms with van der Waals surface area (Å²) in [6.07, 6.45) is -0.350. The Bertz CT molecular complexity index is 803. The van der Waals surface area contributed by atoms with Crippen molar-refractivity contribution in [2.24, 2.45) is 0 Å². The van der Waals surface area contributed by atoms with Gasteiger partial charge in [-0.25, -0.2) is 16.8 Å². The number of hydrogen-bond donors (Lipinski definition) is 1. The largest absolute Gasteiger partial charge is 0.384 e. The molecule has 26 heavy (non-hydrogen) atoms. The smallest absolute Gasteiger partial charge is 0.341 e. The third kappa shape index (κ3) is 5.12. The zero-order valence-electron chi connectivity index (χ0n) is 14.4. The summed E-state index contributed by atoms with van der Waals surface area (Å²) < 4.78 is 79.4. The van der Waals surface area contributed by atoms with Crippen molar-refractivity contribution in [1.82, 2.24) is 4.31 Å². The van der Waals surface area contributed by atoms with Crippen LogP contribution in [0.25, 0.3) is 0 Å². The summed E-state index contributed by atoms with van der Waals surface area (Å²) in [7, 11) is -8.10. The zero-order valence-corrected chi connectivity index (χ0v) is 16.1. The summed E-state index contributed by atoms with van der Waals surface area (Å²) in [4.78, 5) is -0.484. The van der Waals surface area contributed by atoms with Gasteiger partial charge in [-0.3, -0.25) is 0 Å². The van der Waals surface area contributed by atoms with E-state index in [4.69, 9.17) is 4.74 Å². The summed E-state index contributed by atoms with van der Waals surface area (Å²) >= 11 is 0. The summed E-state index contributed by atoms with van der Waals surface area (Å²) in [6, 6.07) is 4.76. The van der Waals surface area contributed by atoms with Gasteiger partial charge in [-0.2, -0.15) is 13.1 Å². The van der Waals surface area contributed by atoms with Crippen LogP contribution in [0.4, 0.5) is 14.5 Å². The second-order valence-electron chi connectivity index (χ2n) is 6.15. The first-order chi connectivity index (χ1) is 12.0. The van der Waals surface area contributed by atoms with Crippen LogP contribution in [0.15, 0.2) is 29.2 Å². The minimum Gasteiger partial charge on any atom is -0.384 e. The second kappa shape index (κ2) is 8.15. The van der Waals surface area contributed by atoms with Crippen LogP contribution in [-0.4, -0.2) is 64.5 Å². The molecule has 0 aliphatic carbocycles. The molecule has 7 nitrogen and oxygen atoms in total. The van der Waals surface area contributed by atoms with Crippen molar-refractivity contribution in [1.29, 1.82) is 0 Å². The zero-order chi connectivity index (χ0) is 19.5. The van der Waals surface area contributed by atoms with Crippen molar-refractivity contribution in [3.8, 4) is 0 Å². The van der Waals surface area contributed by atoms with Gasteiger partial charge in [0, 0.05) is 25.3 Å². The number of alkyl halides is 2. The molecule has 0 spiro atoms. The van der Waals surface area contributed by atoms with E-state index < -0.39 is 30.5 Å². The lowest BCUT2D eigenvalue weighted by atomic mass is 10.3. The molecule has 0 saturated carbocycles. The van der Waals surface area contributed by atoms with Crippen LogP contribution < -0.4 is 5.32 Å². The average Bonchev–Trinajstić information content (AvgIpc) is 2.54. The molecule has 1 aliphatic rings. The third-order valence-corrected chi connectivity index (χ3v) is 7.09. The van der Waals surface area contributed by atoms with E-state index in [0.717, 1.165) is 12.1 Å². The summed E-state index contributed by atoms with van der Waals surface area (Å²) in [5.74, 6) is -3.63. The van der Waals surface area contributed by atoms with Gasteiger partial charge in [0.05, 0.1) is 22.9 Å². The molecule has 1 aromatic carbocycles. The third-order valence-electron chi connectivity index (χ3n) is 3.89. The van der Waals surface area contributed by atoms with Crippen LogP contribution in [0, 0.1) is 0 Å². The molecule has 11 heteroatoms. The van der Waals surface area contributed by atoms with Gasteiger partial charge in [0.25, 0.3) is 0 Å². The van der Waals surface area contributed by atoms with Crippen LogP contribution >= 0.6 is 0 Å². The monoisotopic (exact) mass is 412 g/mol. The molecule has 2 unspecified atom stereocenters. The number of morpholine rings is 1. The van der Waals surface area contributed by atoms with E-state index in [1.807, 2.05) is 13.8 Å². The number of ether oxygens (including phenoxy) is 1. The number of rotatable bonds is 7. The lowest BCUT2D eigenvalue weighted by Crippen LogP contribution is -2.49. The number of benzene rings is 1. The number of sulfone groups is 1. The summed E-state index contributed by atoms with van der Waals surface area (Å²) in [5, 5.41) is 2.85. The molecule has 1 saturated heterocycles. The lowest BCUT2D eigenvalue weighted by molar-refractivity contribution is -0.0440. The maximum absolute atomic E-state index is 12.5. The highest BCUT2D eigenvalue weighted by molar-refractivity contribution is 7.91. The first-order valence-corrected chi connectivity index (χ1v) is 11.2. The quantitative estimate of drug-likeness (QED) is 0.730. The van der Waals surface area contributed by atoms with Crippen molar-refractivity contribution >= 4 is 25.5 Å². The molecule has 1 fully saturated rings. The van der Waals surface area contributed by atoms with Crippen LogP contribution in [0.3, 0.4) is 0 Å². The molecule has 2 atom stereocenters. The Labute approximate surface area is 152 Å². The molecule has 1 N–H and O–H groups in total. The normalized spacial score (nSPS) is 22.5. The molecule has 0 amide bonds. The number of anilines is 1. The molecule has 0 radical (unpaired) electrons. The fraction of sp³-hybridized carbons (Fsp3) is 0.600. The number of nitrogens with one attached hydrogen (secondary N) is 1. The van der Waals surface area contributed by atoms with Gasteiger partial charge in [0.1, 0.15) is 0 Å². The molecule has 0 aromatic heterocycles. The highest BCUT2D eigenvalue weighted by Gasteiger charge is 2.30. The van der Waals surface area contributed by atoms with Crippen molar-refractivity contribution in [3.63, 3.8) is 0 Å². The van der Waals surface area contributed by atoms with E-state index in [1.54, 1.807) is 0 Å². The van der Waals surface area contributed by atoms with Gasteiger partial charge in [0.2, 0.25) is 19.9 Å². The molecule has 1 heterocycles. The number of hydrogen-bond acceptors (Lipinski definition) is 6. The molecular weight excluding hydrogens is 390 g/mol. The highest BCUT2D eigenvalue weighted by Crippen LogP contribution is 2.20. The number of halogens is 2. The van der Waals surface area contributed by atoms with Gasteiger partial charge in [-0.05, 0) is 38.1 Å². The maximum atomic E-state index is 12.5. The SMILES string of the molecule is CC1CN(S(=O)(=O)CCNc2ccc(S(=O)(=O)C(F)F)cc2)CC(C)O1. The Balaban J connectivity index is 1.93. The molecule has 0 bridgehead atoms. The standard InChI is InChI=1S/C15H22F2N2O5S2/c1-11-9-19(10-12(2)24-11)25(20,21)8-7-18-13-3-5-14(6-4-13)26(22,23)15(16)17/h3-6,11-12,15,18H,7-10H2,1-2H3. The van der Waals surface area contributed by atoms with Gasteiger partial charge >= 0.3 is 5.76 Å². The Kier molecular flexibility index (Phi) is 6.59. The van der Waals surface area contributed by atoms with E-state index >= 15 is 0 Å². The van der Waals surface area contributed by atoms with Crippen LogP contribution in [0.1, 0.15) is 13.8 Å². The molecule has 1 aromatic rings. The van der Waals surface area contributed by atoms with Crippen molar-refractivity contribution in [3.05, 3.63) is 24.3 Å². The predicted octanol–water partition coefficient (Wildman–Crippen LogP) is 1.53. The van der Waals surface area contributed by atoms with E-state index in [1.165, 1.54) is 16.4 Å². The Hall–Kier alpha value is -1.30.